The van der Waals surface area contributed by atoms with Crippen molar-refractivity contribution in [1.29, 1.82) is 0 Å². The van der Waals surface area contributed by atoms with Crippen molar-refractivity contribution < 1.29 is 36.9 Å². The molecule has 1 aliphatic rings. The van der Waals surface area contributed by atoms with E-state index in [-0.39, 0.29) is 68.5 Å². The van der Waals surface area contributed by atoms with Crippen LogP contribution in [0.25, 0.3) is 0 Å². The smallest absolute Gasteiger partial charge is 0.354 e. The first-order valence-corrected chi connectivity index (χ1v) is 14.2. The van der Waals surface area contributed by atoms with Crippen molar-refractivity contribution in [2.45, 2.75) is 52.4 Å². The van der Waals surface area contributed by atoms with Gasteiger partial charge in [-0.3, -0.25) is 28.3 Å². The number of carbonyl (C=O) groups is 3. The lowest BCUT2D eigenvalue weighted by Gasteiger charge is -2.16. The Bertz CT molecular complexity index is 856. The molecule has 15 nitrogen and oxygen atoms in total. The first-order valence-electron chi connectivity index (χ1n) is 11.2. The summed E-state index contributed by atoms with van der Waals surface area (Å²) in [6, 6.07) is 0. The molecule has 200 valence electrons. The van der Waals surface area contributed by atoms with E-state index in [1.165, 1.54) is 4.90 Å². The van der Waals surface area contributed by atoms with Crippen LogP contribution in [0.4, 0.5) is 0 Å². The highest BCUT2D eigenvalue weighted by molar-refractivity contribution is 7.65. The third kappa shape index (κ3) is 10.7. The zero-order valence-corrected chi connectivity index (χ0v) is 21.6. The Morgan fingerprint density at radius 2 is 1.71 bits per heavy atom. The van der Waals surface area contributed by atoms with E-state index < -0.39 is 22.1 Å². The van der Waals surface area contributed by atoms with Gasteiger partial charge in [0.25, 0.3) is 0 Å². The van der Waals surface area contributed by atoms with Gasteiger partial charge in [-0.2, -0.15) is 4.31 Å². The first-order chi connectivity index (χ1) is 16.5. The molecule has 0 aromatic carbocycles. The molecule has 0 aromatic heterocycles. The lowest BCUT2D eigenvalue weighted by molar-refractivity contribution is -0.139. The summed E-state index contributed by atoms with van der Waals surface area (Å²) >= 11 is 0. The minimum absolute atomic E-state index is 0.104. The Balaban J connectivity index is 2.28. The van der Waals surface area contributed by atoms with Crippen molar-refractivity contribution in [3.8, 4) is 0 Å². The molecule has 0 radical (unpaired) electrons. The number of imide groups is 1. The van der Waals surface area contributed by atoms with Crippen LogP contribution in [0.5, 0.6) is 0 Å². The van der Waals surface area contributed by atoms with Gasteiger partial charge in [-0.15, -0.1) is 9.81 Å². The monoisotopic (exact) mass is 541 g/mol. The number of hydrogen-bond acceptors (Lipinski definition) is 11. The Morgan fingerprint density at radius 3 is 2.26 bits per heavy atom. The zero-order valence-electron chi connectivity index (χ0n) is 19.8. The van der Waals surface area contributed by atoms with Gasteiger partial charge in [0.05, 0.1) is 13.2 Å². The summed E-state index contributed by atoms with van der Waals surface area (Å²) in [5.74, 6) is -0.832. The van der Waals surface area contributed by atoms with Crippen molar-refractivity contribution in [3.63, 3.8) is 0 Å². The van der Waals surface area contributed by atoms with E-state index in [0.717, 1.165) is 0 Å². The van der Waals surface area contributed by atoms with E-state index >= 15 is 0 Å². The molecule has 1 aliphatic heterocycles. The molecule has 0 aromatic rings. The Labute approximate surface area is 203 Å². The highest BCUT2D eigenvalue weighted by atomic mass is 31.3. The van der Waals surface area contributed by atoms with Crippen LogP contribution in [0.15, 0.2) is 9.89 Å². The van der Waals surface area contributed by atoms with Crippen molar-refractivity contribution in [2.24, 2.45) is 27.5 Å². The molecule has 35 heavy (non-hydrogen) atoms. The van der Waals surface area contributed by atoms with E-state index in [9.17, 15) is 33.3 Å². The SMILES string of the molecule is CC(C)C1CC(=O)N(CCCCCC(=O)NCCOP(=O)(N=O)OP(=O)(N=O)OCCCN)C1=O. The lowest BCUT2D eigenvalue weighted by atomic mass is 9.94. The number of rotatable bonds is 19. The van der Waals surface area contributed by atoms with Crippen LogP contribution in [-0.2, 0) is 36.9 Å². The average Bonchev–Trinajstić information content (AvgIpc) is 3.10. The molecule has 0 aliphatic carbocycles. The van der Waals surface area contributed by atoms with E-state index in [2.05, 4.69) is 28.6 Å². The summed E-state index contributed by atoms with van der Waals surface area (Å²) in [6.07, 6.45) is 2.27. The highest BCUT2D eigenvalue weighted by Crippen LogP contribution is 2.66. The molecule has 3 amide bonds. The van der Waals surface area contributed by atoms with Gasteiger partial charge in [0.15, 0.2) is 0 Å². The van der Waals surface area contributed by atoms with E-state index in [4.69, 9.17) is 5.73 Å². The molecule has 3 N–H and O–H groups in total. The maximum atomic E-state index is 12.2. The topological polar surface area (TPSA) is 213 Å². The second-order valence-corrected chi connectivity index (χ2v) is 11.5. The van der Waals surface area contributed by atoms with Gasteiger partial charge in [0.1, 0.15) is 0 Å². The van der Waals surface area contributed by atoms with Gasteiger partial charge in [-0.05, 0) is 31.7 Å². The minimum atomic E-state index is -4.86. The summed E-state index contributed by atoms with van der Waals surface area (Å²) in [7, 11) is -9.65. The normalized spacial score (nSPS) is 19.4. The predicted molar refractivity (Wildman–Crippen MR) is 125 cm³/mol. The molecule has 1 fully saturated rings. The summed E-state index contributed by atoms with van der Waals surface area (Å²) in [5, 5.41) is 2.46. The second-order valence-electron chi connectivity index (χ2n) is 8.09. The number of hydrogen-bond donors (Lipinski definition) is 2. The zero-order chi connectivity index (χ0) is 26.5. The number of nitroso groups, excluding NO2 is 2. The van der Waals surface area contributed by atoms with Gasteiger partial charge in [-0.1, -0.05) is 20.3 Å². The van der Waals surface area contributed by atoms with E-state index in [0.29, 0.717) is 25.8 Å². The molecule has 0 saturated carbocycles. The van der Waals surface area contributed by atoms with Crippen LogP contribution in [0, 0.1) is 21.6 Å². The first kappa shape index (κ1) is 31.1. The highest BCUT2D eigenvalue weighted by Gasteiger charge is 2.41. The number of nitrogens with one attached hydrogen (secondary N) is 1. The third-order valence-electron chi connectivity index (χ3n) is 5.06. The molecule has 17 heteroatoms. The average molecular weight is 541 g/mol. The summed E-state index contributed by atoms with van der Waals surface area (Å²) in [5.41, 5.74) is 5.22. The van der Waals surface area contributed by atoms with Crippen LogP contribution in [0.3, 0.4) is 0 Å². The minimum Gasteiger partial charge on any atom is -0.354 e. The molecular formula is C18H33N5O10P2. The van der Waals surface area contributed by atoms with Gasteiger partial charge in [0.2, 0.25) is 17.7 Å². The molecule has 1 heterocycles. The van der Waals surface area contributed by atoms with Crippen LogP contribution in [-0.4, -0.2) is 55.5 Å². The molecule has 3 unspecified atom stereocenters. The largest absolute Gasteiger partial charge is 0.498 e. The fraction of sp³-hybridized carbons (Fsp3) is 0.833. The van der Waals surface area contributed by atoms with Crippen molar-refractivity contribution in [1.82, 2.24) is 10.2 Å². The predicted octanol–water partition coefficient (Wildman–Crippen LogP) is 2.84. The lowest BCUT2D eigenvalue weighted by Crippen LogP contribution is -2.32. The number of carbonyl (C=O) groups excluding carboxylic acids is 3. The standard InChI is InChI=1S/C18H33N5O10P2/c1-14(2)15-13-17(25)23(18(15)26)10-5-3-4-7-16(24)20-9-12-32-35(30,22-28)33-34(29,21-27)31-11-6-8-19/h14-15H,3-13,19H2,1-2H3,(H,20,24). The number of nitrogens with zero attached hydrogens (tertiary/aromatic N) is 3. The molecule has 0 spiro atoms. The van der Waals surface area contributed by atoms with Crippen molar-refractivity contribution in [3.05, 3.63) is 9.81 Å². The summed E-state index contributed by atoms with van der Waals surface area (Å²) < 4.78 is 37.7. The van der Waals surface area contributed by atoms with E-state index in [1.807, 2.05) is 13.8 Å². The fourth-order valence-electron chi connectivity index (χ4n) is 3.15. The fourth-order valence-corrected chi connectivity index (χ4v) is 5.59. The van der Waals surface area contributed by atoms with Crippen molar-refractivity contribution >= 4 is 33.2 Å². The summed E-state index contributed by atoms with van der Waals surface area (Å²) in [4.78, 5) is 63.3. The number of likely N-dealkylation sites (tertiary alicyclic amines) is 1. The Kier molecular flexibility index (Phi) is 13.6. The Morgan fingerprint density at radius 1 is 1.09 bits per heavy atom. The molecule has 1 rings (SSSR count). The van der Waals surface area contributed by atoms with Crippen LogP contribution in [0.2, 0.25) is 0 Å². The molecule has 3 atom stereocenters. The van der Waals surface area contributed by atoms with Gasteiger partial charge in [0, 0.05) is 41.7 Å². The maximum absolute atomic E-state index is 12.2. The maximum Gasteiger partial charge on any atom is 0.498 e. The third-order valence-corrected chi connectivity index (χ3v) is 8.13. The van der Waals surface area contributed by atoms with Gasteiger partial charge >= 0.3 is 15.5 Å². The number of unbranched alkanes of at least 4 members (excludes halogenated alkanes) is 2. The molecule has 1 saturated heterocycles. The Hall–Kier alpha value is -1.89. The van der Waals surface area contributed by atoms with E-state index in [1.54, 1.807) is 0 Å². The van der Waals surface area contributed by atoms with Crippen molar-refractivity contribution in [2.75, 3.05) is 32.8 Å². The van der Waals surface area contributed by atoms with Gasteiger partial charge < -0.3 is 11.1 Å². The van der Waals surface area contributed by atoms with Gasteiger partial charge in [-0.25, -0.2) is 9.13 Å². The van der Waals surface area contributed by atoms with Crippen LogP contribution < -0.4 is 11.1 Å². The van der Waals surface area contributed by atoms with Crippen LogP contribution >= 0.6 is 15.5 Å². The number of amides is 3. The second kappa shape index (κ2) is 15.3. The van der Waals surface area contributed by atoms with Crippen LogP contribution in [0.1, 0.15) is 52.4 Å². The molecular weight excluding hydrogens is 508 g/mol. The number of nitrogens with two attached hydrogens (primary N) is 1. The summed E-state index contributed by atoms with van der Waals surface area (Å²) in [6.45, 7) is 3.32. The quantitative estimate of drug-likeness (QED) is 0.105. The molecule has 0 bridgehead atoms.